The van der Waals surface area contributed by atoms with E-state index in [0.29, 0.717) is 0 Å². The summed E-state index contributed by atoms with van der Waals surface area (Å²) in [5.74, 6) is 0.822. The van der Waals surface area contributed by atoms with Gasteiger partial charge in [-0.05, 0) is 84.7 Å². The molecule has 1 aromatic carbocycles. The molecule has 0 amide bonds. The Labute approximate surface area is 160 Å². The van der Waals surface area contributed by atoms with Crippen molar-refractivity contribution in [2.75, 3.05) is 33.7 Å². The smallest absolute Gasteiger partial charge is 0.399 e. The summed E-state index contributed by atoms with van der Waals surface area (Å²) in [5, 5.41) is 0. The summed E-state index contributed by atoms with van der Waals surface area (Å²) in [5.41, 5.74) is 1.86. The Morgan fingerprint density at radius 2 is 1.73 bits per heavy atom. The lowest BCUT2D eigenvalue weighted by molar-refractivity contribution is 0.00578. The molecule has 3 rings (SSSR count). The molecule has 0 aromatic heterocycles. The Bertz CT molecular complexity index is 596. The number of rotatable bonds is 5. The fraction of sp³-hybridized carbons (Fsp3) is 0.714. The van der Waals surface area contributed by atoms with Crippen LogP contribution in [0.15, 0.2) is 24.3 Å². The van der Waals surface area contributed by atoms with E-state index in [1.54, 1.807) is 0 Å². The maximum Gasteiger partial charge on any atom is 0.494 e. The van der Waals surface area contributed by atoms with Gasteiger partial charge in [0.1, 0.15) is 0 Å². The van der Waals surface area contributed by atoms with Crippen molar-refractivity contribution in [1.82, 2.24) is 9.80 Å². The van der Waals surface area contributed by atoms with E-state index in [2.05, 4.69) is 75.9 Å². The average Bonchev–Trinajstić information content (AvgIpc) is 2.78. The molecule has 144 valence electrons. The maximum absolute atomic E-state index is 6.20. The number of benzene rings is 1. The van der Waals surface area contributed by atoms with E-state index >= 15 is 0 Å². The highest BCUT2D eigenvalue weighted by Gasteiger charge is 2.51. The van der Waals surface area contributed by atoms with Gasteiger partial charge in [-0.25, -0.2) is 0 Å². The summed E-state index contributed by atoms with van der Waals surface area (Å²) >= 11 is 0. The van der Waals surface area contributed by atoms with Gasteiger partial charge in [-0.3, -0.25) is 0 Å². The van der Waals surface area contributed by atoms with Gasteiger partial charge in [0.25, 0.3) is 0 Å². The van der Waals surface area contributed by atoms with Gasteiger partial charge in [-0.15, -0.1) is 0 Å². The molecule has 2 heterocycles. The van der Waals surface area contributed by atoms with Gasteiger partial charge in [-0.1, -0.05) is 24.3 Å². The SMILES string of the molecule is CN1CCC(CN(C)Cc2cccc(B3OC(C)(C)C(C)(C)O3)c2)CC1. The van der Waals surface area contributed by atoms with Crippen LogP contribution < -0.4 is 5.46 Å². The molecule has 0 radical (unpaired) electrons. The molecule has 1 aromatic rings. The lowest BCUT2D eigenvalue weighted by Gasteiger charge is -2.32. The minimum absolute atomic E-state index is 0.279. The van der Waals surface area contributed by atoms with Crippen molar-refractivity contribution in [3.05, 3.63) is 29.8 Å². The van der Waals surface area contributed by atoms with Gasteiger partial charge in [0.15, 0.2) is 0 Å². The van der Waals surface area contributed by atoms with Crippen molar-refractivity contribution in [2.24, 2.45) is 5.92 Å². The number of hydrogen-bond donors (Lipinski definition) is 0. The monoisotopic (exact) mass is 358 g/mol. The Morgan fingerprint density at radius 1 is 1.12 bits per heavy atom. The molecule has 2 fully saturated rings. The van der Waals surface area contributed by atoms with E-state index < -0.39 is 0 Å². The molecule has 0 saturated carbocycles. The molecule has 5 heteroatoms. The third-order valence-electron chi connectivity index (χ3n) is 6.34. The van der Waals surface area contributed by atoms with Gasteiger partial charge in [0.2, 0.25) is 0 Å². The Morgan fingerprint density at radius 3 is 2.35 bits per heavy atom. The lowest BCUT2D eigenvalue weighted by Crippen LogP contribution is -2.41. The first-order valence-electron chi connectivity index (χ1n) is 9.98. The van der Waals surface area contributed by atoms with Crippen molar-refractivity contribution in [3.63, 3.8) is 0 Å². The van der Waals surface area contributed by atoms with Crippen LogP contribution in [-0.2, 0) is 15.9 Å². The molecule has 2 saturated heterocycles. The van der Waals surface area contributed by atoms with E-state index in [0.717, 1.165) is 17.9 Å². The summed E-state index contributed by atoms with van der Waals surface area (Å²) in [6, 6.07) is 8.69. The quantitative estimate of drug-likeness (QED) is 0.756. The predicted octanol–water partition coefficient (Wildman–Crippen LogP) is 2.76. The number of piperidine rings is 1. The number of likely N-dealkylation sites (tertiary alicyclic amines) is 1. The number of hydrogen-bond acceptors (Lipinski definition) is 4. The third kappa shape index (κ3) is 4.51. The van der Waals surface area contributed by atoms with Crippen LogP contribution in [0.3, 0.4) is 0 Å². The van der Waals surface area contributed by atoms with Crippen molar-refractivity contribution < 1.29 is 9.31 Å². The van der Waals surface area contributed by atoms with Crippen LogP contribution in [-0.4, -0.2) is 61.8 Å². The van der Waals surface area contributed by atoms with Gasteiger partial charge < -0.3 is 19.1 Å². The molecule has 0 spiro atoms. The van der Waals surface area contributed by atoms with Gasteiger partial charge in [-0.2, -0.15) is 0 Å². The molecule has 0 aliphatic carbocycles. The van der Waals surface area contributed by atoms with Crippen LogP contribution in [0, 0.1) is 5.92 Å². The summed E-state index contributed by atoms with van der Waals surface area (Å²) in [6.07, 6.45) is 2.63. The lowest BCUT2D eigenvalue weighted by atomic mass is 9.78. The first kappa shape index (κ1) is 19.9. The molecular formula is C21H35BN2O2. The highest BCUT2D eigenvalue weighted by atomic mass is 16.7. The second kappa shape index (κ2) is 7.63. The predicted molar refractivity (Wildman–Crippen MR) is 109 cm³/mol. The van der Waals surface area contributed by atoms with Gasteiger partial charge in [0, 0.05) is 13.1 Å². The summed E-state index contributed by atoms with van der Waals surface area (Å²) < 4.78 is 12.4. The van der Waals surface area contributed by atoms with Gasteiger partial charge >= 0.3 is 7.12 Å². The maximum atomic E-state index is 6.20. The number of nitrogens with zero attached hydrogens (tertiary/aromatic N) is 2. The highest BCUT2D eigenvalue weighted by molar-refractivity contribution is 6.62. The normalized spacial score (nSPS) is 23.7. The summed E-state index contributed by atoms with van der Waals surface area (Å²) in [6.45, 7) is 13.0. The minimum atomic E-state index is -0.293. The molecule has 4 nitrogen and oxygen atoms in total. The first-order chi connectivity index (χ1) is 12.2. The first-order valence-corrected chi connectivity index (χ1v) is 9.98. The van der Waals surface area contributed by atoms with Crippen molar-refractivity contribution in [1.29, 1.82) is 0 Å². The van der Waals surface area contributed by atoms with E-state index in [9.17, 15) is 0 Å². The van der Waals surface area contributed by atoms with Crippen molar-refractivity contribution in [2.45, 2.75) is 58.3 Å². The standard InChI is InChI=1S/C21H35BN2O2/c1-20(2)21(3,4)26-22(25-20)19-9-7-8-18(14-19)16-24(6)15-17-10-12-23(5)13-11-17/h7-9,14,17H,10-13,15-16H2,1-6H3. The molecule has 0 bridgehead atoms. The van der Waals surface area contributed by atoms with Crippen LogP contribution in [0.2, 0.25) is 0 Å². The molecular weight excluding hydrogens is 323 g/mol. The molecule has 0 atom stereocenters. The second-order valence-corrected chi connectivity index (χ2v) is 9.28. The van der Waals surface area contributed by atoms with Crippen LogP contribution in [0.4, 0.5) is 0 Å². The molecule has 0 N–H and O–H groups in total. The molecule has 26 heavy (non-hydrogen) atoms. The Balaban J connectivity index is 1.59. The average molecular weight is 358 g/mol. The van der Waals surface area contributed by atoms with Crippen LogP contribution in [0.25, 0.3) is 0 Å². The highest BCUT2D eigenvalue weighted by Crippen LogP contribution is 2.36. The molecule has 2 aliphatic rings. The Kier molecular flexibility index (Phi) is 5.83. The van der Waals surface area contributed by atoms with E-state index in [-0.39, 0.29) is 18.3 Å². The van der Waals surface area contributed by atoms with E-state index in [1.807, 2.05) is 0 Å². The summed E-state index contributed by atoms with van der Waals surface area (Å²) in [4.78, 5) is 4.89. The second-order valence-electron chi connectivity index (χ2n) is 9.28. The fourth-order valence-electron chi connectivity index (χ4n) is 3.88. The summed E-state index contributed by atoms with van der Waals surface area (Å²) in [7, 11) is 4.18. The topological polar surface area (TPSA) is 24.9 Å². The molecule has 0 unspecified atom stereocenters. The largest absolute Gasteiger partial charge is 0.494 e. The van der Waals surface area contributed by atoms with E-state index in [1.165, 1.54) is 38.0 Å². The van der Waals surface area contributed by atoms with E-state index in [4.69, 9.17) is 9.31 Å². The zero-order valence-electron chi connectivity index (χ0n) is 17.4. The zero-order chi connectivity index (χ0) is 18.9. The van der Waals surface area contributed by atoms with Gasteiger partial charge in [0.05, 0.1) is 11.2 Å². The third-order valence-corrected chi connectivity index (χ3v) is 6.34. The van der Waals surface area contributed by atoms with Crippen LogP contribution in [0.5, 0.6) is 0 Å². The fourth-order valence-corrected chi connectivity index (χ4v) is 3.88. The van der Waals surface area contributed by atoms with Crippen LogP contribution in [0.1, 0.15) is 46.1 Å². The minimum Gasteiger partial charge on any atom is -0.399 e. The Hall–Kier alpha value is -0.875. The zero-order valence-corrected chi connectivity index (χ0v) is 17.4. The van der Waals surface area contributed by atoms with Crippen molar-refractivity contribution in [3.8, 4) is 0 Å². The van der Waals surface area contributed by atoms with Crippen LogP contribution >= 0.6 is 0 Å². The molecule has 2 aliphatic heterocycles. The van der Waals surface area contributed by atoms with Crippen molar-refractivity contribution >= 4 is 12.6 Å².